The average molecular weight is 347 g/mol. The van der Waals surface area contributed by atoms with E-state index >= 15 is 0 Å². The highest BCUT2D eigenvalue weighted by atomic mass is 35.5. The SMILES string of the molecule is O=[N+]([O-])c1cc(S(=O)(=O)Nc2cccc(Cl)c2)ccc1Cl. The first-order valence-electron chi connectivity index (χ1n) is 5.52. The maximum absolute atomic E-state index is 12.2. The third kappa shape index (κ3) is 3.63. The summed E-state index contributed by atoms with van der Waals surface area (Å²) < 4.78 is 26.6. The van der Waals surface area contributed by atoms with Crippen LogP contribution in [0.2, 0.25) is 10.0 Å². The number of sulfonamides is 1. The van der Waals surface area contributed by atoms with Crippen LogP contribution in [0.5, 0.6) is 0 Å². The van der Waals surface area contributed by atoms with Gasteiger partial charge in [0.1, 0.15) is 5.02 Å². The van der Waals surface area contributed by atoms with Crippen LogP contribution in [0, 0.1) is 10.1 Å². The Labute approximate surface area is 130 Å². The third-order valence-corrected chi connectivity index (χ3v) is 4.44. The molecule has 0 radical (unpaired) electrons. The van der Waals surface area contributed by atoms with Crippen molar-refractivity contribution in [3.05, 3.63) is 62.6 Å². The topological polar surface area (TPSA) is 89.3 Å². The van der Waals surface area contributed by atoms with Gasteiger partial charge in [-0.2, -0.15) is 0 Å². The molecule has 6 nitrogen and oxygen atoms in total. The van der Waals surface area contributed by atoms with Crippen LogP contribution in [0.15, 0.2) is 47.4 Å². The van der Waals surface area contributed by atoms with Gasteiger partial charge in [0.05, 0.1) is 15.5 Å². The van der Waals surface area contributed by atoms with Crippen molar-refractivity contribution in [1.29, 1.82) is 0 Å². The molecule has 0 bridgehead atoms. The van der Waals surface area contributed by atoms with Crippen LogP contribution in [0.1, 0.15) is 0 Å². The van der Waals surface area contributed by atoms with Crippen molar-refractivity contribution in [2.45, 2.75) is 4.90 Å². The highest BCUT2D eigenvalue weighted by Gasteiger charge is 2.20. The van der Waals surface area contributed by atoms with Crippen molar-refractivity contribution in [1.82, 2.24) is 0 Å². The first-order chi connectivity index (χ1) is 9.79. The van der Waals surface area contributed by atoms with Crippen molar-refractivity contribution in [2.75, 3.05) is 4.72 Å². The van der Waals surface area contributed by atoms with E-state index in [0.29, 0.717) is 5.02 Å². The van der Waals surface area contributed by atoms with Crippen LogP contribution in [-0.4, -0.2) is 13.3 Å². The molecule has 0 saturated heterocycles. The minimum atomic E-state index is -3.97. The summed E-state index contributed by atoms with van der Waals surface area (Å²) in [6, 6.07) is 9.33. The van der Waals surface area contributed by atoms with Gasteiger partial charge in [-0.15, -0.1) is 0 Å². The minimum Gasteiger partial charge on any atom is -0.280 e. The number of anilines is 1. The largest absolute Gasteiger partial charge is 0.289 e. The quantitative estimate of drug-likeness (QED) is 0.674. The van der Waals surface area contributed by atoms with E-state index in [1.165, 1.54) is 18.2 Å². The van der Waals surface area contributed by atoms with Gasteiger partial charge in [-0.1, -0.05) is 29.3 Å². The van der Waals surface area contributed by atoms with Crippen LogP contribution in [-0.2, 0) is 10.0 Å². The lowest BCUT2D eigenvalue weighted by Crippen LogP contribution is -2.13. The Kier molecular flexibility index (Phi) is 4.36. The molecule has 9 heteroatoms. The second-order valence-corrected chi connectivity index (χ2v) is 6.51. The summed E-state index contributed by atoms with van der Waals surface area (Å²) in [4.78, 5) is 9.78. The number of rotatable bonds is 4. The number of hydrogen-bond acceptors (Lipinski definition) is 4. The Morgan fingerprint density at radius 2 is 1.81 bits per heavy atom. The molecule has 0 unspecified atom stereocenters. The molecule has 0 aliphatic rings. The molecule has 0 atom stereocenters. The summed E-state index contributed by atoms with van der Waals surface area (Å²) in [5, 5.41) is 11.0. The predicted octanol–water partition coefficient (Wildman–Crippen LogP) is 3.70. The molecule has 0 aromatic heterocycles. The van der Waals surface area contributed by atoms with E-state index in [4.69, 9.17) is 23.2 Å². The van der Waals surface area contributed by atoms with Gasteiger partial charge < -0.3 is 0 Å². The highest BCUT2D eigenvalue weighted by molar-refractivity contribution is 7.92. The molecule has 110 valence electrons. The van der Waals surface area contributed by atoms with Crippen molar-refractivity contribution >= 4 is 44.6 Å². The van der Waals surface area contributed by atoms with Crippen LogP contribution in [0.4, 0.5) is 11.4 Å². The van der Waals surface area contributed by atoms with E-state index in [9.17, 15) is 18.5 Å². The number of nitro benzene ring substituents is 1. The maximum Gasteiger partial charge on any atom is 0.289 e. The molecule has 0 aliphatic carbocycles. The highest BCUT2D eigenvalue weighted by Crippen LogP contribution is 2.28. The zero-order valence-corrected chi connectivity index (χ0v) is 12.6. The molecule has 0 fully saturated rings. The van der Waals surface area contributed by atoms with Crippen molar-refractivity contribution in [2.24, 2.45) is 0 Å². The fourth-order valence-corrected chi connectivity index (χ4v) is 3.01. The maximum atomic E-state index is 12.2. The number of hydrogen-bond donors (Lipinski definition) is 1. The summed E-state index contributed by atoms with van der Waals surface area (Å²) in [5.41, 5.74) is -0.231. The van der Waals surface area contributed by atoms with Gasteiger partial charge in [-0.3, -0.25) is 14.8 Å². The van der Waals surface area contributed by atoms with E-state index < -0.39 is 20.6 Å². The number of nitro groups is 1. The van der Waals surface area contributed by atoms with E-state index in [-0.39, 0.29) is 15.6 Å². The molecule has 0 amide bonds. The van der Waals surface area contributed by atoms with Gasteiger partial charge in [0, 0.05) is 11.1 Å². The fourth-order valence-electron chi connectivity index (χ4n) is 1.57. The lowest BCUT2D eigenvalue weighted by atomic mass is 10.3. The minimum absolute atomic E-state index is 0.137. The van der Waals surface area contributed by atoms with E-state index in [1.54, 1.807) is 12.1 Å². The molecule has 0 spiro atoms. The van der Waals surface area contributed by atoms with Gasteiger partial charge in [-0.25, -0.2) is 8.42 Å². The standard InChI is InChI=1S/C12H8Cl2N2O4S/c13-8-2-1-3-9(6-8)15-21(19,20)10-4-5-11(14)12(7-10)16(17)18/h1-7,15H. The van der Waals surface area contributed by atoms with Crippen LogP contribution >= 0.6 is 23.2 Å². The Bertz CT molecular complexity index is 809. The number of benzene rings is 2. The second kappa shape index (κ2) is 5.88. The lowest BCUT2D eigenvalue weighted by molar-refractivity contribution is -0.384. The monoisotopic (exact) mass is 346 g/mol. The Balaban J connectivity index is 2.40. The normalized spacial score (nSPS) is 11.1. The Hall–Kier alpha value is -1.83. The zero-order valence-electron chi connectivity index (χ0n) is 10.3. The second-order valence-electron chi connectivity index (χ2n) is 3.99. The van der Waals surface area contributed by atoms with E-state index in [0.717, 1.165) is 12.1 Å². The summed E-state index contributed by atoms with van der Waals surface area (Å²) >= 11 is 11.4. The van der Waals surface area contributed by atoms with Crippen molar-refractivity contribution in [3.63, 3.8) is 0 Å². The molecule has 1 N–H and O–H groups in total. The fraction of sp³-hybridized carbons (Fsp3) is 0. The molecular formula is C12H8Cl2N2O4S. The van der Waals surface area contributed by atoms with Crippen LogP contribution < -0.4 is 4.72 Å². The Morgan fingerprint density at radius 3 is 2.43 bits per heavy atom. The number of nitrogens with one attached hydrogen (secondary N) is 1. The van der Waals surface area contributed by atoms with Gasteiger partial charge in [-0.05, 0) is 30.3 Å². The number of halogens is 2. The van der Waals surface area contributed by atoms with Crippen LogP contribution in [0.3, 0.4) is 0 Å². The van der Waals surface area contributed by atoms with Crippen LogP contribution in [0.25, 0.3) is 0 Å². The first-order valence-corrected chi connectivity index (χ1v) is 7.76. The average Bonchev–Trinajstić information content (AvgIpc) is 2.38. The zero-order chi connectivity index (χ0) is 15.6. The molecular weight excluding hydrogens is 339 g/mol. The number of nitrogens with zero attached hydrogens (tertiary/aromatic N) is 1. The molecule has 2 rings (SSSR count). The molecule has 0 heterocycles. The van der Waals surface area contributed by atoms with E-state index in [1.807, 2.05) is 0 Å². The summed E-state index contributed by atoms with van der Waals surface area (Å²) in [6.45, 7) is 0. The molecule has 2 aromatic carbocycles. The summed E-state index contributed by atoms with van der Waals surface area (Å²) in [6.07, 6.45) is 0. The molecule has 2 aromatic rings. The lowest BCUT2D eigenvalue weighted by Gasteiger charge is -2.08. The summed E-state index contributed by atoms with van der Waals surface area (Å²) in [7, 11) is -3.97. The van der Waals surface area contributed by atoms with Crippen molar-refractivity contribution in [3.8, 4) is 0 Å². The molecule has 0 saturated carbocycles. The van der Waals surface area contributed by atoms with Gasteiger partial charge >= 0.3 is 0 Å². The van der Waals surface area contributed by atoms with Gasteiger partial charge in [0.15, 0.2) is 0 Å². The Morgan fingerprint density at radius 1 is 1.10 bits per heavy atom. The van der Waals surface area contributed by atoms with E-state index in [2.05, 4.69) is 4.72 Å². The predicted molar refractivity (Wildman–Crippen MR) is 80.4 cm³/mol. The van der Waals surface area contributed by atoms with Crippen molar-refractivity contribution < 1.29 is 13.3 Å². The van der Waals surface area contributed by atoms with Gasteiger partial charge in [0.2, 0.25) is 0 Å². The third-order valence-electron chi connectivity index (χ3n) is 2.50. The smallest absolute Gasteiger partial charge is 0.280 e. The molecule has 21 heavy (non-hydrogen) atoms. The first kappa shape index (κ1) is 15.6. The van der Waals surface area contributed by atoms with Gasteiger partial charge in [0.25, 0.3) is 15.7 Å². The molecule has 0 aliphatic heterocycles. The summed E-state index contributed by atoms with van der Waals surface area (Å²) in [5.74, 6) is 0.